The van der Waals surface area contributed by atoms with E-state index >= 15 is 0 Å². The maximum absolute atomic E-state index is 5.86. The van der Waals surface area contributed by atoms with Crippen LogP contribution in [0.15, 0.2) is 28.7 Å². The molecule has 2 rings (SSSR count). The van der Waals surface area contributed by atoms with Crippen LogP contribution >= 0.6 is 15.9 Å². The van der Waals surface area contributed by atoms with Gasteiger partial charge in [-0.25, -0.2) is 0 Å². The minimum atomic E-state index is 0.414. The number of hydrogen-bond acceptors (Lipinski definition) is 3. The maximum Gasteiger partial charge on any atom is 0.0540 e. The van der Waals surface area contributed by atoms with Gasteiger partial charge in [0.25, 0.3) is 0 Å². The fraction of sp³-hybridized carbons (Fsp3) is 0.500. The maximum atomic E-state index is 5.86. The lowest BCUT2D eigenvalue weighted by Gasteiger charge is -2.41. The molecule has 88 valence electrons. The predicted octanol–water partition coefficient (Wildman–Crippen LogP) is 1.53. The molecule has 0 saturated carbocycles. The van der Waals surface area contributed by atoms with Gasteiger partial charge in [0.1, 0.15) is 0 Å². The van der Waals surface area contributed by atoms with Crippen LogP contribution in [0.1, 0.15) is 0 Å². The Labute approximate surface area is 105 Å². The summed E-state index contributed by atoms with van der Waals surface area (Å²) in [6.45, 7) is 3.88. The quantitative estimate of drug-likeness (QED) is 0.894. The van der Waals surface area contributed by atoms with Crippen molar-refractivity contribution in [1.82, 2.24) is 4.90 Å². The van der Waals surface area contributed by atoms with Gasteiger partial charge in [-0.2, -0.15) is 0 Å². The van der Waals surface area contributed by atoms with Crippen molar-refractivity contribution < 1.29 is 0 Å². The molecule has 1 saturated heterocycles. The molecule has 1 fully saturated rings. The Balaban J connectivity index is 2.22. The Morgan fingerprint density at radius 2 is 2.12 bits per heavy atom. The summed E-state index contributed by atoms with van der Waals surface area (Å²) in [6.07, 6.45) is 0. The number of hydrogen-bond donors (Lipinski definition) is 1. The highest BCUT2D eigenvalue weighted by molar-refractivity contribution is 9.10. The fourth-order valence-corrected chi connectivity index (χ4v) is 2.73. The molecular weight excluding hydrogens is 266 g/mol. The zero-order chi connectivity index (χ0) is 11.5. The van der Waals surface area contributed by atoms with E-state index in [4.69, 9.17) is 5.73 Å². The van der Waals surface area contributed by atoms with Crippen LogP contribution in [0, 0.1) is 0 Å². The van der Waals surface area contributed by atoms with Crippen LogP contribution in [0.4, 0.5) is 5.69 Å². The number of piperazine rings is 1. The molecule has 1 heterocycles. The van der Waals surface area contributed by atoms with Crippen molar-refractivity contribution in [1.29, 1.82) is 0 Å². The lowest BCUT2D eigenvalue weighted by molar-refractivity contribution is 0.269. The molecule has 1 aliphatic heterocycles. The van der Waals surface area contributed by atoms with E-state index < -0.39 is 0 Å². The number of para-hydroxylation sites is 1. The SMILES string of the molecule is CN1CCN(c2ccccc2Br)C(CN)C1. The lowest BCUT2D eigenvalue weighted by Crippen LogP contribution is -2.55. The van der Waals surface area contributed by atoms with Crippen molar-refractivity contribution in [3.63, 3.8) is 0 Å². The van der Waals surface area contributed by atoms with Crippen molar-refractivity contribution >= 4 is 21.6 Å². The molecule has 1 unspecified atom stereocenters. The number of likely N-dealkylation sites (N-methyl/N-ethyl adjacent to an activating group) is 1. The summed E-state index contributed by atoms with van der Waals surface area (Å²) >= 11 is 3.61. The van der Waals surface area contributed by atoms with Crippen LogP contribution in [0.3, 0.4) is 0 Å². The standard InChI is InChI=1S/C12H18BrN3/c1-15-6-7-16(10(8-14)9-15)12-5-3-2-4-11(12)13/h2-5,10H,6-9,14H2,1H3. The van der Waals surface area contributed by atoms with Gasteiger partial charge in [-0.05, 0) is 35.1 Å². The van der Waals surface area contributed by atoms with Gasteiger partial charge < -0.3 is 15.5 Å². The number of benzene rings is 1. The monoisotopic (exact) mass is 283 g/mol. The van der Waals surface area contributed by atoms with Crippen LogP contribution in [0.25, 0.3) is 0 Å². The average Bonchev–Trinajstić information content (AvgIpc) is 2.30. The number of nitrogens with two attached hydrogens (primary N) is 1. The van der Waals surface area contributed by atoms with Gasteiger partial charge in [0.2, 0.25) is 0 Å². The fourth-order valence-electron chi connectivity index (χ4n) is 2.21. The molecule has 0 spiro atoms. The number of rotatable bonds is 2. The summed E-state index contributed by atoms with van der Waals surface area (Å²) in [5.74, 6) is 0. The third-order valence-corrected chi connectivity index (χ3v) is 3.79. The van der Waals surface area contributed by atoms with E-state index in [0.29, 0.717) is 12.6 Å². The van der Waals surface area contributed by atoms with Crippen LogP contribution < -0.4 is 10.6 Å². The number of halogens is 1. The molecule has 0 aliphatic carbocycles. The lowest BCUT2D eigenvalue weighted by atomic mass is 10.1. The van der Waals surface area contributed by atoms with E-state index in [2.05, 4.69) is 51.0 Å². The summed E-state index contributed by atoms with van der Waals surface area (Å²) in [5, 5.41) is 0. The topological polar surface area (TPSA) is 32.5 Å². The molecule has 1 aromatic rings. The van der Waals surface area contributed by atoms with Gasteiger partial charge in [0.15, 0.2) is 0 Å². The highest BCUT2D eigenvalue weighted by Gasteiger charge is 2.25. The van der Waals surface area contributed by atoms with Gasteiger partial charge in [-0.3, -0.25) is 0 Å². The first-order valence-corrected chi connectivity index (χ1v) is 6.41. The smallest absolute Gasteiger partial charge is 0.0540 e. The third-order valence-electron chi connectivity index (χ3n) is 3.12. The second-order valence-electron chi connectivity index (χ2n) is 4.30. The normalized spacial score (nSPS) is 22.4. The Bertz CT molecular complexity index is 356. The van der Waals surface area contributed by atoms with Gasteiger partial charge in [0.05, 0.1) is 11.7 Å². The van der Waals surface area contributed by atoms with E-state index in [-0.39, 0.29) is 0 Å². The summed E-state index contributed by atoms with van der Waals surface area (Å²) in [6, 6.07) is 8.77. The predicted molar refractivity (Wildman–Crippen MR) is 71.8 cm³/mol. The van der Waals surface area contributed by atoms with Crippen LogP contribution in [0.5, 0.6) is 0 Å². The van der Waals surface area contributed by atoms with Crippen LogP contribution in [-0.4, -0.2) is 44.2 Å². The Kier molecular flexibility index (Phi) is 3.84. The molecule has 1 aromatic carbocycles. The number of nitrogens with zero attached hydrogens (tertiary/aromatic N) is 2. The van der Waals surface area contributed by atoms with Crippen LogP contribution in [-0.2, 0) is 0 Å². The van der Waals surface area contributed by atoms with Gasteiger partial charge in [-0.15, -0.1) is 0 Å². The summed E-state index contributed by atoms with van der Waals surface area (Å²) in [7, 11) is 2.15. The van der Waals surface area contributed by atoms with E-state index in [0.717, 1.165) is 24.1 Å². The Morgan fingerprint density at radius 3 is 2.81 bits per heavy atom. The van der Waals surface area contributed by atoms with E-state index in [1.807, 2.05) is 6.07 Å². The minimum Gasteiger partial charge on any atom is -0.364 e. The molecule has 0 radical (unpaired) electrons. The minimum absolute atomic E-state index is 0.414. The second kappa shape index (κ2) is 5.17. The van der Waals surface area contributed by atoms with Crippen molar-refractivity contribution in [2.45, 2.75) is 6.04 Å². The van der Waals surface area contributed by atoms with Crippen molar-refractivity contribution in [2.24, 2.45) is 5.73 Å². The molecule has 2 N–H and O–H groups in total. The van der Waals surface area contributed by atoms with Gasteiger partial charge in [0, 0.05) is 30.7 Å². The van der Waals surface area contributed by atoms with Gasteiger partial charge in [-0.1, -0.05) is 12.1 Å². The first-order valence-electron chi connectivity index (χ1n) is 5.62. The molecule has 16 heavy (non-hydrogen) atoms. The van der Waals surface area contributed by atoms with Crippen molar-refractivity contribution in [2.75, 3.05) is 38.1 Å². The molecular formula is C12H18BrN3. The van der Waals surface area contributed by atoms with Gasteiger partial charge >= 0.3 is 0 Å². The first kappa shape index (κ1) is 11.9. The van der Waals surface area contributed by atoms with Crippen LogP contribution in [0.2, 0.25) is 0 Å². The third kappa shape index (κ3) is 2.39. The molecule has 0 bridgehead atoms. The molecule has 0 amide bonds. The zero-order valence-corrected chi connectivity index (χ0v) is 11.2. The zero-order valence-electron chi connectivity index (χ0n) is 9.56. The first-order chi connectivity index (χ1) is 7.72. The molecule has 3 nitrogen and oxygen atoms in total. The molecule has 4 heteroatoms. The van der Waals surface area contributed by atoms with E-state index in [1.165, 1.54) is 5.69 Å². The van der Waals surface area contributed by atoms with E-state index in [1.54, 1.807) is 0 Å². The average molecular weight is 284 g/mol. The molecule has 1 aliphatic rings. The van der Waals surface area contributed by atoms with E-state index in [9.17, 15) is 0 Å². The summed E-state index contributed by atoms with van der Waals surface area (Å²) < 4.78 is 1.15. The summed E-state index contributed by atoms with van der Waals surface area (Å²) in [4.78, 5) is 4.74. The van der Waals surface area contributed by atoms with Crippen molar-refractivity contribution in [3.8, 4) is 0 Å². The largest absolute Gasteiger partial charge is 0.364 e. The molecule has 1 atom stereocenters. The van der Waals surface area contributed by atoms with Crippen molar-refractivity contribution in [3.05, 3.63) is 28.7 Å². The highest BCUT2D eigenvalue weighted by Crippen LogP contribution is 2.28. The highest BCUT2D eigenvalue weighted by atomic mass is 79.9. The Hall–Kier alpha value is -0.580. The summed E-state index contributed by atoms with van der Waals surface area (Å²) in [5.41, 5.74) is 7.12. The Morgan fingerprint density at radius 1 is 1.38 bits per heavy atom. The number of anilines is 1. The second-order valence-corrected chi connectivity index (χ2v) is 5.15. The molecule has 0 aromatic heterocycles.